The molecule has 0 saturated heterocycles. The van der Waals surface area contributed by atoms with Gasteiger partial charge in [-0.15, -0.1) is 0 Å². The highest BCUT2D eigenvalue weighted by Crippen LogP contribution is 2.08. The molecule has 0 spiro atoms. The maximum Gasteiger partial charge on any atom is 0.337 e. The first kappa shape index (κ1) is 14.0. The molecule has 0 aliphatic heterocycles. The molecule has 0 aliphatic rings. The largest absolute Gasteiger partial charge is 0.481 e. The second-order valence-electron chi connectivity index (χ2n) is 3.80. The highest BCUT2D eigenvalue weighted by molar-refractivity contribution is 5.89. The monoisotopic (exact) mass is 248 g/mol. The fourth-order valence-electron chi connectivity index (χ4n) is 1.44. The summed E-state index contributed by atoms with van der Waals surface area (Å²) in [5.41, 5.74) is 1.48. The molecule has 0 amide bonds. The fraction of sp³-hybridized carbons (Fsp3) is 0.286. The van der Waals surface area contributed by atoms with Crippen LogP contribution in [-0.4, -0.2) is 24.2 Å². The topological polar surface area (TPSA) is 63.6 Å². The van der Waals surface area contributed by atoms with Crippen molar-refractivity contribution in [3.8, 4) is 0 Å². The number of ether oxygens (including phenoxy) is 1. The Hall–Kier alpha value is -2.10. The minimum Gasteiger partial charge on any atom is -0.481 e. The van der Waals surface area contributed by atoms with Crippen molar-refractivity contribution in [3.63, 3.8) is 0 Å². The molecule has 96 valence electrons. The van der Waals surface area contributed by atoms with E-state index < -0.39 is 5.97 Å². The van der Waals surface area contributed by atoms with Crippen molar-refractivity contribution in [2.45, 2.75) is 19.3 Å². The van der Waals surface area contributed by atoms with Crippen LogP contribution in [0, 0.1) is 0 Å². The molecule has 0 heterocycles. The van der Waals surface area contributed by atoms with Gasteiger partial charge < -0.3 is 9.84 Å². The van der Waals surface area contributed by atoms with E-state index in [4.69, 9.17) is 5.11 Å². The molecule has 0 unspecified atom stereocenters. The molecule has 1 aromatic carbocycles. The van der Waals surface area contributed by atoms with Gasteiger partial charge in [0.05, 0.1) is 12.7 Å². The van der Waals surface area contributed by atoms with Gasteiger partial charge in [0.15, 0.2) is 0 Å². The number of methoxy groups -OCH3 is 1. The molecule has 1 rings (SSSR count). The summed E-state index contributed by atoms with van der Waals surface area (Å²) in [6.45, 7) is 0. The van der Waals surface area contributed by atoms with Crippen LogP contribution in [-0.2, 0) is 9.53 Å². The minimum absolute atomic E-state index is 0.186. The van der Waals surface area contributed by atoms with E-state index >= 15 is 0 Å². The average Bonchev–Trinajstić information content (AvgIpc) is 2.38. The Labute approximate surface area is 106 Å². The average molecular weight is 248 g/mol. The van der Waals surface area contributed by atoms with Gasteiger partial charge in [0.2, 0.25) is 0 Å². The zero-order valence-electron chi connectivity index (χ0n) is 10.3. The fourth-order valence-corrected chi connectivity index (χ4v) is 1.44. The van der Waals surface area contributed by atoms with Crippen molar-refractivity contribution in [2.75, 3.05) is 7.11 Å². The summed E-state index contributed by atoms with van der Waals surface area (Å²) in [7, 11) is 1.35. The summed E-state index contributed by atoms with van der Waals surface area (Å²) >= 11 is 0. The minimum atomic E-state index is -0.772. The molecule has 0 bridgehead atoms. The van der Waals surface area contributed by atoms with Gasteiger partial charge in [0, 0.05) is 6.42 Å². The Bertz CT molecular complexity index is 432. The second kappa shape index (κ2) is 7.27. The molecule has 0 atom stereocenters. The van der Waals surface area contributed by atoms with E-state index in [0.717, 1.165) is 12.0 Å². The van der Waals surface area contributed by atoms with Gasteiger partial charge in [-0.05, 0) is 30.5 Å². The first-order valence-electron chi connectivity index (χ1n) is 5.70. The number of esters is 1. The van der Waals surface area contributed by atoms with Crippen molar-refractivity contribution in [1.29, 1.82) is 0 Å². The van der Waals surface area contributed by atoms with Crippen molar-refractivity contribution in [3.05, 3.63) is 41.5 Å². The number of carbonyl (C=O) groups excluding carboxylic acids is 1. The number of unbranched alkanes of at least 4 members (excludes halogenated alkanes) is 1. The van der Waals surface area contributed by atoms with Crippen LogP contribution in [0.25, 0.3) is 6.08 Å². The number of benzene rings is 1. The molecule has 0 aliphatic carbocycles. The van der Waals surface area contributed by atoms with E-state index in [1.165, 1.54) is 7.11 Å². The lowest BCUT2D eigenvalue weighted by molar-refractivity contribution is -0.137. The van der Waals surface area contributed by atoms with Crippen molar-refractivity contribution < 1.29 is 19.4 Å². The molecule has 0 fully saturated rings. The Balaban J connectivity index is 2.45. The number of aliphatic carboxylic acids is 1. The predicted octanol–water partition coefficient (Wildman–Crippen LogP) is 2.74. The molecule has 4 nitrogen and oxygen atoms in total. The van der Waals surface area contributed by atoms with Gasteiger partial charge in [-0.2, -0.15) is 0 Å². The van der Waals surface area contributed by atoms with Gasteiger partial charge in [-0.1, -0.05) is 24.3 Å². The Morgan fingerprint density at radius 1 is 1.28 bits per heavy atom. The Morgan fingerprint density at radius 2 is 1.94 bits per heavy atom. The second-order valence-corrected chi connectivity index (χ2v) is 3.80. The van der Waals surface area contributed by atoms with E-state index in [2.05, 4.69) is 4.74 Å². The number of carboxylic acid groups (broad SMARTS) is 1. The molecule has 0 radical (unpaired) electrons. The number of rotatable bonds is 6. The standard InChI is InChI=1S/C14H16O4/c1-18-14(17)12-9-7-11(8-10-12)5-3-2-4-6-13(15)16/h3,5,7-10H,2,4,6H2,1H3,(H,15,16)/b5-3+. The van der Waals surface area contributed by atoms with Gasteiger partial charge in [-0.25, -0.2) is 4.79 Å². The summed E-state index contributed by atoms with van der Waals surface area (Å²) in [4.78, 5) is 21.5. The number of allylic oxidation sites excluding steroid dienone is 1. The van der Waals surface area contributed by atoms with Crippen molar-refractivity contribution in [1.82, 2.24) is 0 Å². The van der Waals surface area contributed by atoms with E-state index in [9.17, 15) is 9.59 Å². The lowest BCUT2D eigenvalue weighted by Gasteiger charge is -1.99. The third kappa shape index (κ3) is 4.82. The van der Waals surface area contributed by atoms with Gasteiger partial charge >= 0.3 is 11.9 Å². The third-order valence-corrected chi connectivity index (χ3v) is 2.40. The lowest BCUT2D eigenvalue weighted by atomic mass is 10.1. The summed E-state index contributed by atoms with van der Waals surface area (Å²) in [5, 5.41) is 8.47. The first-order chi connectivity index (χ1) is 8.63. The van der Waals surface area contributed by atoms with Crippen LogP contribution in [0.15, 0.2) is 30.3 Å². The molecule has 4 heteroatoms. The highest BCUT2D eigenvalue weighted by atomic mass is 16.5. The number of hydrogen-bond acceptors (Lipinski definition) is 3. The highest BCUT2D eigenvalue weighted by Gasteiger charge is 2.02. The molecule has 1 N–H and O–H groups in total. The van der Waals surface area contributed by atoms with E-state index in [0.29, 0.717) is 12.0 Å². The summed E-state index contributed by atoms with van der Waals surface area (Å²) in [5.74, 6) is -1.13. The van der Waals surface area contributed by atoms with Crippen LogP contribution in [0.5, 0.6) is 0 Å². The third-order valence-electron chi connectivity index (χ3n) is 2.40. The quantitative estimate of drug-likeness (QED) is 0.621. The molecule has 1 aromatic rings. The molecule has 0 aromatic heterocycles. The first-order valence-corrected chi connectivity index (χ1v) is 5.70. The molecular formula is C14H16O4. The number of carboxylic acids is 1. The summed E-state index contributed by atoms with van der Waals surface area (Å²) in [6.07, 6.45) is 5.38. The number of hydrogen-bond donors (Lipinski definition) is 1. The van der Waals surface area contributed by atoms with Crippen LogP contribution in [0.3, 0.4) is 0 Å². The smallest absolute Gasteiger partial charge is 0.337 e. The maximum absolute atomic E-state index is 11.2. The Morgan fingerprint density at radius 3 is 2.50 bits per heavy atom. The van der Waals surface area contributed by atoms with Crippen LogP contribution in [0.1, 0.15) is 35.2 Å². The van der Waals surface area contributed by atoms with Crippen LogP contribution in [0.2, 0.25) is 0 Å². The van der Waals surface area contributed by atoms with E-state index in [-0.39, 0.29) is 12.4 Å². The normalized spacial score (nSPS) is 10.5. The lowest BCUT2D eigenvalue weighted by Crippen LogP contribution is -2.00. The maximum atomic E-state index is 11.2. The summed E-state index contributed by atoms with van der Waals surface area (Å²) < 4.78 is 4.60. The van der Waals surface area contributed by atoms with Crippen LogP contribution in [0.4, 0.5) is 0 Å². The summed E-state index contributed by atoms with van der Waals surface area (Å²) in [6, 6.07) is 7.03. The van der Waals surface area contributed by atoms with Crippen LogP contribution < -0.4 is 0 Å². The van der Waals surface area contributed by atoms with Crippen molar-refractivity contribution >= 4 is 18.0 Å². The zero-order valence-corrected chi connectivity index (χ0v) is 10.3. The van der Waals surface area contributed by atoms with Gasteiger partial charge in [0.25, 0.3) is 0 Å². The molecule has 0 saturated carbocycles. The van der Waals surface area contributed by atoms with E-state index in [1.807, 2.05) is 24.3 Å². The zero-order chi connectivity index (χ0) is 13.4. The SMILES string of the molecule is COC(=O)c1ccc(/C=C/CCCC(=O)O)cc1. The van der Waals surface area contributed by atoms with Crippen molar-refractivity contribution in [2.24, 2.45) is 0 Å². The van der Waals surface area contributed by atoms with Gasteiger partial charge in [-0.3, -0.25) is 4.79 Å². The van der Waals surface area contributed by atoms with Gasteiger partial charge in [0.1, 0.15) is 0 Å². The molecule has 18 heavy (non-hydrogen) atoms. The number of carbonyl (C=O) groups is 2. The van der Waals surface area contributed by atoms with E-state index in [1.54, 1.807) is 12.1 Å². The molecular weight excluding hydrogens is 232 g/mol. The van der Waals surface area contributed by atoms with Crippen LogP contribution >= 0.6 is 0 Å². The predicted molar refractivity (Wildman–Crippen MR) is 68.3 cm³/mol. The Kier molecular flexibility index (Phi) is 5.64.